The van der Waals surface area contributed by atoms with Crippen molar-refractivity contribution in [1.82, 2.24) is 4.90 Å². The van der Waals surface area contributed by atoms with Crippen molar-refractivity contribution in [2.75, 3.05) is 11.9 Å². The summed E-state index contributed by atoms with van der Waals surface area (Å²) in [6, 6.07) is 25.1. The third-order valence-corrected chi connectivity index (χ3v) is 6.55. The van der Waals surface area contributed by atoms with Gasteiger partial charge in [0.15, 0.2) is 0 Å². The van der Waals surface area contributed by atoms with Gasteiger partial charge in [0.2, 0.25) is 5.91 Å². The molecule has 1 N–H and O–H groups in total. The summed E-state index contributed by atoms with van der Waals surface area (Å²) in [6.45, 7) is 2.69. The van der Waals surface area contributed by atoms with Gasteiger partial charge in [0.05, 0.1) is 4.91 Å². The zero-order valence-electron chi connectivity index (χ0n) is 18.7. The summed E-state index contributed by atoms with van der Waals surface area (Å²) in [7, 11) is 0. The smallest absolute Gasteiger partial charge is 0.266 e. The van der Waals surface area contributed by atoms with Gasteiger partial charge in [-0.3, -0.25) is 14.5 Å². The van der Waals surface area contributed by atoms with Gasteiger partial charge < -0.3 is 10.1 Å². The lowest BCUT2D eigenvalue weighted by Gasteiger charge is -2.14. The third-order valence-electron chi connectivity index (χ3n) is 5.18. The maximum Gasteiger partial charge on any atom is 0.266 e. The van der Waals surface area contributed by atoms with Crippen molar-refractivity contribution in [2.45, 2.75) is 20.0 Å². The Labute approximate surface area is 208 Å². The number of amides is 2. The highest BCUT2D eigenvalue weighted by Gasteiger charge is 2.32. The standard InChI is InChI=1S/C27H24N2O3S2/c1-19-10-12-22(13-11-19)28-25(30)14-15-29-26(31)24(34-27(29)33)17-21-8-5-9-23(16-21)32-18-20-6-3-2-4-7-20/h2-13,16-17H,14-15,18H2,1H3,(H,28,30)/b24-17-. The number of thioether (sulfide) groups is 1. The molecule has 1 fully saturated rings. The van der Waals surface area contributed by atoms with Crippen molar-refractivity contribution in [2.24, 2.45) is 0 Å². The number of nitrogens with zero attached hydrogens (tertiary/aromatic N) is 1. The van der Waals surface area contributed by atoms with E-state index in [0.717, 1.165) is 28.1 Å². The predicted octanol–water partition coefficient (Wildman–Crippen LogP) is 5.80. The first-order chi connectivity index (χ1) is 16.5. The minimum absolute atomic E-state index is 0.162. The monoisotopic (exact) mass is 488 g/mol. The van der Waals surface area contributed by atoms with Crippen LogP contribution in [0.1, 0.15) is 23.1 Å². The second kappa shape index (κ2) is 11.1. The van der Waals surface area contributed by atoms with Crippen LogP contribution < -0.4 is 10.1 Å². The number of carbonyl (C=O) groups excluding carboxylic acids is 2. The molecule has 2 amide bonds. The van der Waals surface area contributed by atoms with Gasteiger partial charge in [-0.2, -0.15) is 0 Å². The molecule has 0 unspecified atom stereocenters. The highest BCUT2D eigenvalue weighted by Crippen LogP contribution is 2.33. The second-order valence-electron chi connectivity index (χ2n) is 7.84. The number of aryl methyl sites for hydroxylation is 1. The molecule has 0 atom stereocenters. The molecule has 0 radical (unpaired) electrons. The molecule has 4 rings (SSSR count). The molecule has 7 heteroatoms. The van der Waals surface area contributed by atoms with E-state index in [1.165, 1.54) is 16.7 Å². The van der Waals surface area contributed by atoms with Crippen molar-refractivity contribution in [3.05, 3.63) is 100 Å². The van der Waals surface area contributed by atoms with E-state index in [4.69, 9.17) is 17.0 Å². The number of rotatable bonds is 8. The molecule has 5 nitrogen and oxygen atoms in total. The van der Waals surface area contributed by atoms with Gasteiger partial charge in [-0.05, 0) is 48.4 Å². The van der Waals surface area contributed by atoms with Crippen molar-refractivity contribution >= 4 is 51.9 Å². The number of carbonyl (C=O) groups is 2. The Kier molecular flexibility index (Phi) is 7.77. The summed E-state index contributed by atoms with van der Waals surface area (Å²) >= 11 is 6.65. The molecule has 0 aliphatic carbocycles. The van der Waals surface area contributed by atoms with Crippen molar-refractivity contribution in [3.63, 3.8) is 0 Å². The van der Waals surface area contributed by atoms with E-state index in [1.54, 1.807) is 6.08 Å². The largest absolute Gasteiger partial charge is 0.489 e. The van der Waals surface area contributed by atoms with Gasteiger partial charge >= 0.3 is 0 Å². The Bertz CT molecular complexity index is 1220. The van der Waals surface area contributed by atoms with Crippen LogP contribution in [0.4, 0.5) is 5.69 Å². The van der Waals surface area contributed by atoms with E-state index in [1.807, 2.05) is 85.8 Å². The van der Waals surface area contributed by atoms with Gasteiger partial charge in [-0.25, -0.2) is 0 Å². The quantitative estimate of drug-likeness (QED) is 0.321. The van der Waals surface area contributed by atoms with Gasteiger partial charge in [0.25, 0.3) is 5.91 Å². The van der Waals surface area contributed by atoms with Gasteiger partial charge in [0, 0.05) is 18.7 Å². The van der Waals surface area contributed by atoms with Crippen LogP contribution in [0.3, 0.4) is 0 Å². The average Bonchev–Trinajstić information content (AvgIpc) is 3.10. The normalized spacial score (nSPS) is 14.5. The van der Waals surface area contributed by atoms with Gasteiger partial charge in [-0.1, -0.05) is 84.1 Å². The first-order valence-corrected chi connectivity index (χ1v) is 12.1. The summed E-state index contributed by atoms with van der Waals surface area (Å²) in [6.07, 6.45) is 1.97. The lowest BCUT2D eigenvalue weighted by Crippen LogP contribution is -2.31. The summed E-state index contributed by atoms with van der Waals surface area (Å²) in [4.78, 5) is 27.2. The lowest BCUT2D eigenvalue weighted by molar-refractivity contribution is -0.122. The zero-order chi connectivity index (χ0) is 23.9. The fourth-order valence-corrected chi connectivity index (χ4v) is 4.66. The Morgan fingerprint density at radius 1 is 1.06 bits per heavy atom. The van der Waals surface area contributed by atoms with Crippen LogP contribution in [-0.2, 0) is 16.2 Å². The molecule has 1 aliphatic rings. The SMILES string of the molecule is Cc1ccc(NC(=O)CCN2C(=O)/C(=C/c3cccc(OCc4ccccc4)c3)SC2=S)cc1. The molecular formula is C27H24N2O3S2. The minimum Gasteiger partial charge on any atom is -0.489 e. The van der Waals surface area contributed by atoms with Crippen molar-refractivity contribution in [1.29, 1.82) is 0 Å². The number of anilines is 1. The fraction of sp³-hybridized carbons (Fsp3) is 0.148. The molecule has 0 spiro atoms. The molecule has 0 aromatic heterocycles. The van der Waals surface area contributed by atoms with Crippen LogP contribution in [0.25, 0.3) is 6.08 Å². The molecular weight excluding hydrogens is 464 g/mol. The highest BCUT2D eigenvalue weighted by molar-refractivity contribution is 8.26. The molecule has 3 aromatic rings. The average molecular weight is 489 g/mol. The Morgan fingerprint density at radius 3 is 2.59 bits per heavy atom. The van der Waals surface area contributed by atoms with Crippen LogP contribution in [0.5, 0.6) is 5.75 Å². The molecule has 0 bridgehead atoms. The van der Waals surface area contributed by atoms with E-state index in [2.05, 4.69) is 5.32 Å². The summed E-state index contributed by atoms with van der Waals surface area (Å²) in [5, 5.41) is 2.85. The summed E-state index contributed by atoms with van der Waals surface area (Å²) in [5.41, 5.74) is 3.79. The fourth-order valence-electron chi connectivity index (χ4n) is 3.35. The Balaban J connectivity index is 1.34. The van der Waals surface area contributed by atoms with E-state index >= 15 is 0 Å². The van der Waals surface area contributed by atoms with E-state index in [9.17, 15) is 9.59 Å². The first-order valence-electron chi connectivity index (χ1n) is 10.9. The van der Waals surface area contributed by atoms with Crippen LogP contribution >= 0.6 is 24.0 Å². The van der Waals surface area contributed by atoms with Crippen LogP contribution in [0.15, 0.2) is 83.8 Å². The number of ether oxygens (including phenoxy) is 1. The van der Waals surface area contributed by atoms with Gasteiger partial charge in [0.1, 0.15) is 16.7 Å². The third kappa shape index (κ3) is 6.34. The molecule has 34 heavy (non-hydrogen) atoms. The minimum atomic E-state index is -0.186. The number of benzene rings is 3. The van der Waals surface area contributed by atoms with E-state index in [-0.39, 0.29) is 24.8 Å². The maximum atomic E-state index is 12.9. The zero-order valence-corrected chi connectivity index (χ0v) is 20.3. The molecule has 1 aliphatic heterocycles. The Morgan fingerprint density at radius 2 is 1.82 bits per heavy atom. The van der Waals surface area contributed by atoms with Crippen molar-refractivity contribution in [3.8, 4) is 5.75 Å². The number of hydrogen-bond acceptors (Lipinski definition) is 5. The summed E-state index contributed by atoms with van der Waals surface area (Å²) in [5.74, 6) is 0.375. The van der Waals surface area contributed by atoms with E-state index in [0.29, 0.717) is 15.8 Å². The summed E-state index contributed by atoms with van der Waals surface area (Å²) < 4.78 is 6.34. The predicted molar refractivity (Wildman–Crippen MR) is 142 cm³/mol. The second-order valence-corrected chi connectivity index (χ2v) is 9.52. The topological polar surface area (TPSA) is 58.6 Å². The van der Waals surface area contributed by atoms with Crippen LogP contribution in [0, 0.1) is 6.92 Å². The van der Waals surface area contributed by atoms with Gasteiger partial charge in [-0.15, -0.1) is 0 Å². The highest BCUT2D eigenvalue weighted by atomic mass is 32.2. The molecule has 172 valence electrons. The van der Waals surface area contributed by atoms with Crippen LogP contribution in [0.2, 0.25) is 0 Å². The first kappa shape index (κ1) is 23.7. The molecule has 3 aromatic carbocycles. The lowest BCUT2D eigenvalue weighted by atomic mass is 10.2. The number of thiocarbonyl (C=S) groups is 1. The molecule has 0 saturated carbocycles. The number of nitrogens with one attached hydrogen (secondary N) is 1. The molecule has 1 saturated heterocycles. The molecule has 1 heterocycles. The van der Waals surface area contributed by atoms with Crippen LogP contribution in [-0.4, -0.2) is 27.6 Å². The maximum absolute atomic E-state index is 12.9. The number of hydrogen-bond donors (Lipinski definition) is 1. The van der Waals surface area contributed by atoms with E-state index < -0.39 is 0 Å². The Hall–Kier alpha value is -3.42. The van der Waals surface area contributed by atoms with Crippen molar-refractivity contribution < 1.29 is 14.3 Å².